The third-order valence-corrected chi connectivity index (χ3v) is 2.94. The summed E-state index contributed by atoms with van der Waals surface area (Å²) < 4.78 is 26.1. The van der Waals surface area contributed by atoms with Gasteiger partial charge in [0.25, 0.3) is 5.69 Å². The summed E-state index contributed by atoms with van der Waals surface area (Å²) in [5.41, 5.74) is 0.495. The zero-order chi connectivity index (χ0) is 14.7. The lowest BCUT2D eigenvalue weighted by Gasteiger charge is -2.08. The molecule has 0 aliphatic rings. The zero-order valence-electron chi connectivity index (χ0n) is 10.1. The maximum Gasteiger partial charge on any atom is 0.274 e. The number of nitro benzene ring substituents is 1. The Hall–Kier alpha value is -2.21. The Balaban J connectivity index is 2.16. The quantitative estimate of drug-likeness (QED) is 0.682. The van der Waals surface area contributed by atoms with E-state index in [0.29, 0.717) is 5.56 Å². The molecule has 0 aliphatic carbocycles. The second kappa shape index (κ2) is 5.83. The number of anilines is 1. The van der Waals surface area contributed by atoms with Gasteiger partial charge in [-0.1, -0.05) is 17.7 Å². The molecule has 7 heteroatoms. The Morgan fingerprint density at radius 2 is 1.90 bits per heavy atom. The molecular formula is C13H9ClF2N2O2. The molecule has 2 rings (SSSR count). The van der Waals surface area contributed by atoms with Crippen molar-refractivity contribution in [3.05, 3.63) is 68.7 Å². The van der Waals surface area contributed by atoms with E-state index in [1.807, 2.05) is 0 Å². The van der Waals surface area contributed by atoms with Crippen LogP contribution in [0.25, 0.3) is 0 Å². The molecule has 0 heterocycles. The van der Waals surface area contributed by atoms with Crippen LogP contribution >= 0.6 is 11.6 Å². The minimum Gasteiger partial charge on any atom is -0.381 e. The molecule has 0 saturated heterocycles. The summed E-state index contributed by atoms with van der Waals surface area (Å²) in [6.45, 7) is 0.194. The van der Waals surface area contributed by atoms with E-state index in [4.69, 9.17) is 11.6 Å². The van der Waals surface area contributed by atoms with Gasteiger partial charge < -0.3 is 5.32 Å². The molecule has 0 unspecified atom stereocenters. The van der Waals surface area contributed by atoms with E-state index in [9.17, 15) is 18.9 Å². The van der Waals surface area contributed by atoms with E-state index >= 15 is 0 Å². The molecule has 0 bridgehead atoms. The number of halogens is 3. The molecule has 0 amide bonds. The smallest absolute Gasteiger partial charge is 0.274 e. The van der Waals surface area contributed by atoms with Crippen LogP contribution in [0.5, 0.6) is 0 Å². The number of non-ortho nitro benzene ring substituents is 1. The fourth-order valence-electron chi connectivity index (χ4n) is 1.64. The maximum absolute atomic E-state index is 13.2. The van der Waals surface area contributed by atoms with Crippen LogP contribution in [0.1, 0.15) is 5.56 Å². The van der Waals surface area contributed by atoms with Gasteiger partial charge in [-0.3, -0.25) is 10.1 Å². The van der Waals surface area contributed by atoms with Crippen molar-refractivity contribution >= 4 is 23.0 Å². The van der Waals surface area contributed by atoms with Crippen LogP contribution in [-0.4, -0.2) is 4.92 Å². The average molecular weight is 299 g/mol. The molecule has 4 nitrogen and oxygen atoms in total. The highest BCUT2D eigenvalue weighted by Gasteiger charge is 2.10. The number of nitrogens with zero attached hydrogens (tertiary/aromatic N) is 1. The van der Waals surface area contributed by atoms with Gasteiger partial charge in [0.1, 0.15) is 11.6 Å². The van der Waals surface area contributed by atoms with E-state index in [-0.39, 0.29) is 22.9 Å². The Bertz CT molecular complexity index is 665. The van der Waals surface area contributed by atoms with Crippen molar-refractivity contribution in [2.45, 2.75) is 6.54 Å². The first kappa shape index (κ1) is 14.2. The highest BCUT2D eigenvalue weighted by molar-refractivity contribution is 6.31. The first-order chi connectivity index (χ1) is 9.45. The molecule has 1 N–H and O–H groups in total. The van der Waals surface area contributed by atoms with Crippen molar-refractivity contribution in [1.29, 1.82) is 0 Å². The van der Waals surface area contributed by atoms with E-state index < -0.39 is 16.6 Å². The molecule has 2 aromatic carbocycles. The van der Waals surface area contributed by atoms with E-state index in [0.717, 1.165) is 18.2 Å². The van der Waals surface area contributed by atoms with Crippen molar-refractivity contribution in [3.63, 3.8) is 0 Å². The molecule has 20 heavy (non-hydrogen) atoms. The monoisotopic (exact) mass is 298 g/mol. The first-order valence-corrected chi connectivity index (χ1v) is 5.96. The summed E-state index contributed by atoms with van der Waals surface area (Å²) in [5.74, 6) is -1.17. The van der Waals surface area contributed by atoms with Gasteiger partial charge in [-0.2, -0.15) is 0 Å². The van der Waals surface area contributed by atoms with Crippen LogP contribution < -0.4 is 5.32 Å². The number of nitro groups is 1. The molecule has 104 valence electrons. The lowest BCUT2D eigenvalue weighted by atomic mass is 10.2. The van der Waals surface area contributed by atoms with Crippen LogP contribution in [0.4, 0.5) is 20.2 Å². The van der Waals surface area contributed by atoms with Gasteiger partial charge in [-0.25, -0.2) is 8.78 Å². The van der Waals surface area contributed by atoms with Gasteiger partial charge in [0.15, 0.2) is 0 Å². The molecule has 0 saturated carbocycles. The van der Waals surface area contributed by atoms with Crippen LogP contribution in [0, 0.1) is 21.7 Å². The van der Waals surface area contributed by atoms with Crippen LogP contribution in [-0.2, 0) is 6.54 Å². The van der Waals surface area contributed by atoms with Gasteiger partial charge in [-0.05, 0) is 23.8 Å². The Labute approximate surface area is 118 Å². The largest absolute Gasteiger partial charge is 0.381 e. The number of rotatable bonds is 4. The van der Waals surface area contributed by atoms with Crippen molar-refractivity contribution in [3.8, 4) is 0 Å². The Kier molecular flexibility index (Phi) is 4.14. The zero-order valence-corrected chi connectivity index (χ0v) is 10.8. The van der Waals surface area contributed by atoms with Gasteiger partial charge in [0.2, 0.25) is 0 Å². The van der Waals surface area contributed by atoms with E-state index in [1.165, 1.54) is 18.2 Å². The normalized spacial score (nSPS) is 10.3. The minimum absolute atomic E-state index is 0.194. The summed E-state index contributed by atoms with van der Waals surface area (Å²) in [4.78, 5) is 9.94. The third kappa shape index (κ3) is 3.42. The number of benzene rings is 2. The van der Waals surface area contributed by atoms with Crippen molar-refractivity contribution in [2.24, 2.45) is 0 Å². The van der Waals surface area contributed by atoms with Crippen molar-refractivity contribution < 1.29 is 13.7 Å². The van der Waals surface area contributed by atoms with Crippen molar-refractivity contribution in [2.75, 3.05) is 5.32 Å². The summed E-state index contributed by atoms with van der Waals surface area (Å²) in [6.07, 6.45) is 0. The molecule has 2 aromatic rings. The highest BCUT2D eigenvalue weighted by atomic mass is 35.5. The predicted octanol–water partition coefficient (Wildman–Crippen LogP) is 4.14. The summed E-state index contributed by atoms with van der Waals surface area (Å²) in [6, 6.07) is 7.06. The van der Waals surface area contributed by atoms with Gasteiger partial charge in [0, 0.05) is 23.3 Å². The third-order valence-electron chi connectivity index (χ3n) is 2.59. The lowest BCUT2D eigenvalue weighted by Crippen LogP contribution is -2.01. The van der Waals surface area contributed by atoms with Gasteiger partial charge in [-0.15, -0.1) is 0 Å². The fraction of sp³-hybridized carbons (Fsp3) is 0.0769. The molecule has 0 fully saturated rings. The fourth-order valence-corrected chi connectivity index (χ4v) is 1.88. The number of hydrogen-bond donors (Lipinski definition) is 1. The van der Waals surface area contributed by atoms with Crippen LogP contribution in [0.2, 0.25) is 5.02 Å². The Morgan fingerprint density at radius 1 is 1.15 bits per heavy atom. The number of nitrogens with one attached hydrogen (secondary N) is 1. The van der Waals surface area contributed by atoms with Gasteiger partial charge >= 0.3 is 0 Å². The number of hydrogen-bond acceptors (Lipinski definition) is 3. The molecule has 0 atom stereocenters. The van der Waals surface area contributed by atoms with Crippen LogP contribution in [0.15, 0.2) is 36.4 Å². The second-order valence-electron chi connectivity index (χ2n) is 4.04. The second-order valence-corrected chi connectivity index (χ2v) is 4.45. The van der Waals surface area contributed by atoms with E-state index in [2.05, 4.69) is 5.32 Å². The van der Waals surface area contributed by atoms with Crippen LogP contribution in [0.3, 0.4) is 0 Å². The molecular weight excluding hydrogens is 290 g/mol. The molecule has 0 aromatic heterocycles. The Morgan fingerprint density at radius 3 is 2.55 bits per heavy atom. The average Bonchev–Trinajstić information content (AvgIpc) is 2.37. The standard InChI is InChI=1S/C13H9ClF2N2O2/c14-13-5-9(15)2-1-8(13)7-17-11-3-10(16)4-12(6-11)18(19)20/h1-6,17H,7H2. The SMILES string of the molecule is O=[N+]([O-])c1cc(F)cc(NCc2ccc(F)cc2Cl)c1. The summed E-state index contributed by atoms with van der Waals surface area (Å²) >= 11 is 5.85. The lowest BCUT2D eigenvalue weighted by molar-refractivity contribution is -0.385. The van der Waals surface area contributed by atoms with Crippen molar-refractivity contribution in [1.82, 2.24) is 0 Å². The first-order valence-electron chi connectivity index (χ1n) is 5.58. The summed E-state index contributed by atoms with van der Waals surface area (Å²) in [5, 5.41) is 13.7. The van der Waals surface area contributed by atoms with E-state index in [1.54, 1.807) is 0 Å². The minimum atomic E-state index is -0.716. The summed E-state index contributed by atoms with van der Waals surface area (Å²) in [7, 11) is 0. The maximum atomic E-state index is 13.2. The topological polar surface area (TPSA) is 55.2 Å². The molecule has 0 spiro atoms. The highest BCUT2D eigenvalue weighted by Crippen LogP contribution is 2.22. The molecule has 0 aliphatic heterocycles. The predicted molar refractivity (Wildman–Crippen MR) is 71.8 cm³/mol. The molecule has 0 radical (unpaired) electrons. The van der Waals surface area contributed by atoms with Gasteiger partial charge in [0.05, 0.1) is 11.0 Å².